The van der Waals surface area contributed by atoms with E-state index in [4.69, 9.17) is 23.7 Å². The molecule has 5 heteroatoms. The molecule has 0 aliphatic rings. The van der Waals surface area contributed by atoms with Gasteiger partial charge in [-0.3, -0.25) is 0 Å². The largest absolute Gasteiger partial charge is 0.491 e. The van der Waals surface area contributed by atoms with Crippen LogP contribution >= 0.6 is 0 Å². The minimum absolute atomic E-state index is 0.461. The summed E-state index contributed by atoms with van der Waals surface area (Å²) in [5.41, 5.74) is 0. The van der Waals surface area contributed by atoms with Crippen LogP contribution in [0.1, 0.15) is 157 Å². The minimum atomic E-state index is -1.34. The van der Waals surface area contributed by atoms with Gasteiger partial charge in [0.1, 0.15) is 6.10 Å². The molecule has 4 atom stereocenters. The first-order chi connectivity index (χ1) is 20.0. The fourth-order valence-electron chi connectivity index (χ4n) is 4.62. The smallest absolute Gasteiger partial charge is 0.315 e. The molecule has 0 saturated carbocycles. The van der Waals surface area contributed by atoms with E-state index in [1.165, 1.54) is 57.8 Å². The lowest BCUT2D eigenvalue weighted by atomic mass is 10.1. The Kier molecular flexibility index (Phi) is 28.6. The lowest BCUT2D eigenvalue weighted by molar-refractivity contribution is -0.425. The first kappa shape index (κ1) is 40.1. The SMILES string of the molecule is C=CC(OC=CCC)C(OCCCCCC)C(OCCCCCCC)(OCCCCCCCC)OCCC(C)CC. The Labute approximate surface area is 256 Å². The number of unbranched alkanes of at least 4 members (excludes halogenated alkanes) is 12. The first-order valence-corrected chi connectivity index (χ1v) is 17.5. The summed E-state index contributed by atoms with van der Waals surface area (Å²) in [5, 5.41) is 0. The monoisotopic (exact) mass is 583 g/mol. The van der Waals surface area contributed by atoms with Crippen LogP contribution in [0.25, 0.3) is 0 Å². The van der Waals surface area contributed by atoms with Gasteiger partial charge < -0.3 is 23.7 Å². The Morgan fingerprint density at radius 2 is 1.12 bits per heavy atom. The van der Waals surface area contributed by atoms with E-state index in [2.05, 4.69) is 48.1 Å². The molecule has 0 aliphatic heterocycles. The molecule has 0 heterocycles. The van der Waals surface area contributed by atoms with Crippen molar-refractivity contribution in [3.05, 3.63) is 25.0 Å². The molecular weight excluding hydrogens is 512 g/mol. The summed E-state index contributed by atoms with van der Waals surface area (Å²) in [5.74, 6) is -0.779. The zero-order valence-electron chi connectivity index (χ0n) is 28.3. The van der Waals surface area contributed by atoms with Crippen LogP contribution < -0.4 is 0 Å². The molecule has 0 amide bonds. The summed E-state index contributed by atoms with van der Waals surface area (Å²) < 4.78 is 32.9. The molecule has 0 saturated heterocycles. The molecule has 0 radical (unpaired) electrons. The molecular formula is C36H70O5. The summed E-state index contributed by atoms with van der Waals surface area (Å²) in [6, 6.07) is 0. The molecule has 244 valence electrons. The molecule has 0 aliphatic carbocycles. The van der Waals surface area contributed by atoms with Gasteiger partial charge in [-0.15, -0.1) is 0 Å². The highest BCUT2D eigenvalue weighted by molar-refractivity contribution is 4.94. The van der Waals surface area contributed by atoms with Crippen LogP contribution in [0.15, 0.2) is 25.0 Å². The van der Waals surface area contributed by atoms with Crippen LogP contribution in [-0.2, 0) is 23.7 Å². The molecule has 0 aromatic rings. The van der Waals surface area contributed by atoms with Gasteiger partial charge in [-0.2, -0.15) is 0 Å². The fourth-order valence-corrected chi connectivity index (χ4v) is 4.62. The zero-order valence-corrected chi connectivity index (χ0v) is 28.3. The summed E-state index contributed by atoms with van der Waals surface area (Å²) in [4.78, 5) is 0. The van der Waals surface area contributed by atoms with Gasteiger partial charge in [-0.1, -0.05) is 138 Å². The maximum Gasteiger partial charge on any atom is 0.315 e. The zero-order chi connectivity index (χ0) is 30.4. The van der Waals surface area contributed by atoms with Crippen molar-refractivity contribution in [1.82, 2.24) is 0 Å². The molecule has 4 unspecified atom stereocenters. The van der Waals surface area contributed by atoms with E-state index in [0.29, 0.717) is 32.3 Å². The molecule has 0 aromatic carbocycles. The van der Waals surface area contributed by atoms with E-state index in [1.54, 1.807) is 6.26 Å². The normalized spacial score (nSPS) is 15.6. The average molecular weight is 583 g/mol. The lowest BCUT2D eigenvalue weighted by Crippen LogP contribution is -2.57. The van der Waals surface area contributed by atoms with Gasteiger partial charge in [0.05, 0.1) is 26.1 Å². The third kappa shape index (κ3) is 20.6. The molecule has 0 N–H and O–H groups in total. The van der Waals surface area contributed by atoms with Gasteiger partial charge in [-0.05, 0) is 44.1 Å². The highest BCUT2D eigenvalue weighted by Crippen LogP contribution is 2.30. The van der Waals surface area contributed by atoms with Gasteiger partial charge in [0.2, 0.25) is 0 Å². The van der Waals surface area contributed by atoms with Crippen molar-refractivity contribution in [2.45, 2.75) is 175 Å². The topological polar surface area (TPSA) is 46.2 Å². The standard InChI is InChI=1S/C36H70O5/c1-8-14-18-21-23-26-31-40-36(41-32-27-33(7)12-5,39-30-25-22-19-15-9-2)35(38-29-24-20-16-10-3)34(13-6)37-28-17-11-4/h13,17,28,33-35H,6,8-12,14-16,18-27,29-32H2,1-5,7H3. The number of rotatable bonds is 32. The maximum absolute atomic E-state index is 6.69. The second kappa shape index (κ2) is 29.2. The van der Waals surface area contributed by atoms with E-state index in [0.717, 1.165) is 57.8 Å². The Morgan fingerprint density at radius 1 is 0.634 bits per heavy atom. The summed E-state index contributed by atoms with van der Waals surface area (Å²) in [6.45, 7) is 19.7. The van der Waals surface area contributed by atoms with Crippen molar-refractivity contribution < 1.29 is 23.7 Å². The number of ether oxygens (including phenoxy) is 5. The summed E-state index contributed by atoms with van der Waals surface area (Å²) in [7, 11) is 0. The molecule has 0 spiro atoms. The maximum atomic E-state index is 6.69. The van der Waals surface area contributed by atoms with E-state index in [1.807, 2.05) is 12.2 Å². The van der Waals surface area contributed by atoms with Crippen LogP contribution in [0.5, 0.6) is 0 Å². The third-order valence-electron chi connectivity index (χ3n) is 7.71. The molecule has 5 nitrogen and oxygen atoms in total. The fraction of sp³-hybridized carbons (Fsp3) is 0.889. The Hall–Kier alpha value is -0.880. The first-order valence-electron chi connectivity index (χ1n) is 17.5. The van der Waals surface area contributed by atoms with Crippen LogP contribution in [0, 0.1) is 5.92 Å². The van der Waals surface area contributed by atoms with Gasteiger partial charge in [0, 0.05) is 6.61 Å². The Balaban J connectivity index is 6.03. The van der Waals surface area contributed by atoms with Crippen molar-refractivity contribution in [2.75, 3.05) is 26.4 Å². The minimum Gasteiger partial charge on any atom is -0.491 e. The lowest BCUT2D eigenvalue weighted by Gasteiger charge is -2.41. The molecule has 0 rings (SSSR count). The second-order valence-electron chi connectivity index (χ2n) is 11.6. The number of hydrogen-bond acceptors (Lipinski definition) is 5. The molecule has 0 aromatic heterocycles. The van der Waals surface area contributed by atoms with Crippen molar-refractivity contribution in [3.8, 4) is 0 Å². The predicted molar refractivity (Wildman–Crippen MR) is 175 cm³/mol. The van der Waals surface area contributed by atoms with Crippen LogP contribution in [0.4, 0.5) is 0 Å². The highest BCUT2D eigenvalue weighted by atomic mass is 16.9. The van der Waals surface area contributed by atoms with Crippen LogP contribution in [0.3, 0.4) is 0 Å². The molecule has 0 fully saturated rings. The summed E-state index contributed by atoms with van der Waals surface area (Å²) >= 11 is 0. The summed E-state index contributed by atoms with van der Waals surface area (Å²) in [6.07, 6.45) is 25.0. The molecule has 0 bridgehead atoms. The van der Waals surface area contributed by atoms with Gasteiger partial charge in [0.25, 0.3) is 0 Å². The number of hydrogen-bond donors (Lipinski definition) is 0. The molecule has 41 heavy (non-hydrogen) atoms. The van der Waals surface area contributed by atoms with E-state index < -0.39 is 18.2 Å². The van der Waals surface area contributed by atoms with Crippen LogP contribution in [0.2, 0.25) is 0 Å². The van der Waals surface area contributed by atoms with Crippen molar-refractivity contribution >= 4 is 0 Å². The third-order valence-corrected chi connectivity index (χ3v) is 7.71. The van der Waals surface area contributed by atoms with Gasteiger partial charge in [0.15, 0.2) is 6.10 Å². The van der Waals surface area contributed by atoms with Crippen molar-refractivity contribution in [3.63, 3.8) is 0 Å². The predicted octanol–water partition coefficient (Wildman–Crippen LogP) is 10.9. The van der Waals surface area contributed by atoms with E-state index in [-0.39, 0.29) is 0 Å². The quantitative estimate of drug-likeness (QED) is 0.0342. The van der Waals surface area contributed by atoms with Gasteiger partial charge in [-0.25, -0.2) is 0 Å². The highest BCUT2D eigenvalue weighted by Gasteiger charge is 2.48. The van der Waals surface area contributed by atoms with Crippen LogP contribution in [-0.4, -0.2) is 44.6 Å². The average Bonchev–Trinajstić information content (AvgIpc) is 2.98. The second-order valence-corrected chi connectivity index (χ2v) is 11.6. The van der Waals surface area contributed by atoms with Gasteiger partial charge >= 0.3 is 5.97 Å². The Bertz CT molecular complexity index is 580. The van der Waals surface area contributed by atoms with E-state index >= 15 is 0 Å². The van der Waals surface area contributed by atoms with Crippen molar-refractivity contribution in [2.24, 2.45) is 5.92 Å². The Morgan fingerprint density at radius 3 is 1.63 bits per heavy atom. The van der Waals surface area contributed by atoms with Crippen molar-refractivity contribution in [1.29, 1.82) is 0 Å². The number of allylic oxidation sites excluding steroid dienone is 1. The van der Waals surface area contributed by atoms with E-state index in [9.17, 15) is 0 Å².